The summed E-state index contributed by atoms with van der Waals surface area (Å²) in [6.45, 7) is 4.13. The molecule has 1 amide bonds. The summed E-state index contributed by atoms with van der Waals surface area (Å²) in [5.41, 5.74) is 2.53. The van der Waals surface area contributed by atoms with Crippen molar-refractivity contribution in [2.24, 2.45) is 0 Å². The van der Waals surface area contributed by atoms with E-state index in [-0.39, 0.29) is 23.3 Å². The summed E-state index contributed by atoms with van der Waals surface area (Å²) in [5, 5.41) is 11.0. The maximum atomic E-state index is 13.1. The quantitative estimate of drug-likeness (QED) is 0.650. The molecule has 8 nitrogen and oxygen atoms in total. The molecule has 2 heterocycles. The van der Waals surface area contributed by atoms with E-state index in [1.54, 1.807) is 12.1 Å². The molecule has 1 saturated heterocycles. The number of amides is 1. The highest BCUT2D eigenvalue weighted by Crippen LogP contribution is 2.31. The van der Waals surface area contributed by atoms with Gasteiger partial charge in [0.05, 0.1) is 10.8 Å². The molecule has 9 heteroatoms. The van der Waals surface area contributed by atoms with Gasteiger partial charge in [0.25, 0.3) is 0 Å². The molecule has 2 aromatic carbocycles. The summed E-state index contributed by atoms with van der Waals surface area (Å²) in [6, 6.07) is 14.0. The van der Waals surface area contributed by atoms with Crippen molar-refractivity contribution in [1.29, 1.82) is 0 Å². The van der Waals surface area contributed by atoms with Crippen LogP contribution in [0.4, 0.5) is 5.69 Å². The first kappa shape index (κ1) is 21.2. The van der Waals surface area contributed by atoms with Crippen LogP contribution in [0.5, 0.6) is 0 Å². The molecule has 3 aromatic rings. The molecule has 0 aliphatic carbocycles. The minimum atomic E-state index is -3.67. The predicted molar refractivity (Wildman–Crippen MR) is 116 cm³/mol. The van der Waals surface area contributed by atoms with Gasteiger partial charge in [0.1, 0.15) is 0 Å². The number of hydrogen-bond acceptors (Lipinski definition) is 6. The van der Waals surface area contributed by atoms with Crippen LogP contribution in [-0.2, 0) is 14.8 Å². The first-order chi connectivity index (χ1) is 14.8. The normalized spacial score (nSPS) is 17.4. The largest absolute Gasteiger partial charge is 0.420 e. The highest BCUT2D eigenvalue weighted by atomic mass is 32.2. The molecular formula is C22H24N4O4S. The molecule has 1 atom stereocenters. The minimum Gasteiger partial charge on any atom is -0.420 e. The van der Waals surface area contributed by atoms with Crippen LogP contribution in [0.25, 0.3) is 11.5 Å². The Bertz CT molecular complexity index is 1170. The highest BCUT2D eigenvalue weighted by Gasteiger charge is 2.33. The van der Waals surface area contributed by atoms with Gasteiger partial charge in [-0.15, -0.1) is 10.2 Å². The number of nitrogens with one attached hydrogen (secondary N) is 1. The van der Waals surface area contributed by atoms with Crippen LogP contribution >= 0.6 is 0 Å². The standard InChI is InChI=1S/C22H24N4O4S/c1-15-5-7-17(8-6-15)21-24-25-22(30-21)18-4-3-13-26(14-18)31(28,29)20-11-9-19(10-12-20)23-16(2)27/h5-12,18H,3-4,13-14H2,1-2H3,(H,23,27)/t18-/m1/s1. The van der Waals surface area contributed by atoms with Crippen LogP contribution in [0.15, 0.2) is 57.8 Å². The van der Waals surface area contributed by atoms with Crippen molar-refractivity contribution in [2.45, 2.75) is 37.5 Å². The lowest BCUT2D eigenvalue weighted by atomic mass is 10.00. The van der Waals surface area contributed by atoms with Crippen molar-refractivity contribution in [3.8, 4) is 11.5 Å². The lowest BCUT2D eigenvalue weighted by Crippen LogP contribution is -2.39. The van der Waals surface area contributed by atoms with Crippen LogP contribution in [0.3, 0.4) is 0 Å². The molecule has 162 valence electrons. The van der Waals surface area contributed by atoms with E-state index >= 15 is 0 Å². The number of anilines is 1. The Morgan fingerprint density at radius 3 is 2.48 bits per heavy atom. The summed E-state index contributed by atoms with van der Waals surface area (Å²) < 4.78 is 33.6. The summed E-state index contributed by atoms with van der Waals surface area (Å²) >= 11 is 0. The molecule has 1 aliphatic heterocycles. The van der Waals surface area contributed by atoms with E-state index in [1.165, 1.54) is 23.4 Å². The molecule has 1 fully saturated rings. The van der Waals surface area contributed by atoms with Crippen LogP contribution in [0.2, 0.25) is 0 Å². The maximum absolute atomic E-state index is 13.1. The fraction of sp³-hybridized carbons (Fsp3) is 0.318. The summed E-state index contributed by atoms with van der Waals surface area (Å²) in [6.07, 6.45) is 1.49. The van der Waals surface area contributed by atoms with E-state index in [0.29, 0.717) is 30.4 Å². The predicted octanol–water partition coefficient (Wildman–Crippen LogP) is 3.57. The third-order valence-corrected chi connectivity index (χ3v) is 7.16. The maximum Gasteiger partial charge on any atom is 0.247 e. The SMILES string of the molecule is CC(=O)Nc1ccc(S(=O)(=O)N2CCC[C@@H](c3nnc(-c4ccc(C)cc4)o3)C2)cc1. The van der Waals surface area contributed by atoms with Crippen LogP contribution < -0.4 is 5.32 Å². The first-order valence-electron chi connectivity index (χ1n) is 10.1. The van der Waals surface area contributed by atoms with Gasteiger partial charge in [-0.3, -0.25) is 4.79 Å². The van der Waals surface area contributed by atoms with Gasteiger partial charge < -0.3 is 9.73 Å². The number of aryl methyl sites for hydroxylation is 1. The number of aromatic nitrogens is 2. The van der Waals surface area contributed by atoms with E-state index in [9.17, 15) is 13.2 Å². The number of hydrogen-bond donors (Lipinski definition) is 1. The zero-order valence-corrected chi connectivity index (χ0v) is 18.2. The van der Waals surface area contributed by atoms with E-state index < -0.39 is 10.0 Å². The molecular weight excluding hydrogens is 416 g/mol. The monoisotopic (exact) mass is 440 g/mol. The second kappa shape index (κ2) is 8.60. The van der Waals surface area contributed by atoms with Crippen molar-refractivity contribution < 1.29 is 17.6 Å². The van der Waals surface area contributed by atoms with E-state index in [4.69, 9.17) is 4.42 Å². The second-order valence-corrected chi connectivity index (χ2v) is 9.66. The average Bonchev–Trinajstić information content (AvgIpc) is 3.25. The Kier molecular flexibility index (Phi) is 5.88. The van der Waals surface area contributed by atoms with Crippen LogP contribution in [0.1, 0.15) is 37.1 Å². The summed E-state index contributed by atoms with van der Waals surface area (Å²) in [5.74, 6) is 0.521. The van der Waals surface area contributed by atoms with Gasteiger partial charge in [0.2, 0.25) is 27.7 Å². The number of carbonyl (C=O) groups excluding carboxylic acids is 1. The van der Waals surface area contributed by atoms with Crippen molar-refractivity contribution in [3.63, 3.8) is 0 Å². The Morgan fingerprint density at radius 1 is 1.10 bits per heavy atom. The number of rotatable bonds is 5. The van der Waals surface area contributed by atoms with E-state index in [1.807, 2.05) is 31.2 Å². The Labute approximate surface area is 181 Å². The number of sulfonamides is 1. The van der Waals surface area contributed by atoms with Gasteiger partial charge in [0.15, 0.2) is 0 Å². The minimum absolute atomic E-state index is 0.158. The lowest BCUT2D eigenvalue weighted by Gasteiger charge is -2.30. The number of carbonyl (C=O) groups is 1. The molecule has 1 aromatic heterocycles. The average molecular weight is 441 g/mol. The van der Waals surface area contributed by atoms with Crippen molar-refractivity contribution in [2.75, 3.05) is 18.4 Å². The van der Waals surface area contributed by atoms with Crippen molar-refractivity contribution in [1.82, 2.24) is 14.5 Å². The molecule has 0 unspecified atom stereocenters. The third kappa shape index (κ3) is 4.67. The topological polar surface area (TPSA) is 105 Å². The Balaban J connectivity index is 1.50. The van der Waals surface area contributed by atoms with Gasteiger partial charge in [0, 0.05) is 31.3 Å². The lowest BCUT2D eigenvalue weighted by molar-refractivity contribution is -0.114. The molecule has 0 spiro atoms. The molecule has 0 radical (unpaired) electrons. The summed E-state index contributed by atoms with van der Waals surface area (Å²) in [4.78, 5) is 11.4. The summed E-state index contributed by atoms with van der Waals surface area (Å²) in [7, 11) is -3.67. The first-order valence-corrected chi connectivity index (χ1v) is 11.6. The van der Waals surface area contributed by atoms with Gasteiger partial charge in [-0.25, -0.2) is 8.42 Å². The molecule has 31 heavy (non-hydrogen) atoms. The van der Waals surface area contributed by atoms with Crippen LogP contribution in [-0.4, -0.2) is 41.9 Å². The molecule has 1 N–H and O–H groups in total. The van der Waals surface area contributed by atoms with Crippen molar-refractivity contribution in [3.05, 3.63) is 60.0 Å². The second-order valence-electron chi connectivity index (χ2n) is 7.72. The fourth-order valence-corrected chi connectivity index (χ4v) is 5.16. The van der Waals surface area contributed by atoms with Gasteiger partial charge in [-0.05, 0) is 56.2 Å². The zero-order chi connectivity index (χ0) is 22.0. The zero-order valence-electron chi connectivity index (χ0n) is 17.4. The highest BCUT2D eigenvalue weighted by molar-refractivity contribution is 7.89. The van der Waals surface area contributed by atoms with E-state index in [2.05, 4.69) is 15.5 Å². The Hall–Kier alpha value is -3.04. The molecule has 0 saturated carbocycles. The molecule has 1 aliphatic rings. The van der Waals surface area contributed by atoms with Gasteiger partial charge in [-0.1, -0.05) is 17.7 Å². The molecule has 4 rings (SSSR count). The smallest absolute Gasteiger partial charge is 0.247 e. The third-order valence-electron chi connectivity index (χ3n) is 5.28. The number of benzene rings is 2. The Morgan fingerprint density at radius 2 is 1.81 bits per heavy atom. The van der Waals surface area contributed by atoms with E-state index in [0.717, 1.165) is 17.5 Å². The van der Waals surface area contributed by atoms with Crippen LogP contribution in [0, 0.1) is 6.92 Å². The number of piperidine rings is 1. The van der Waals surface area contributed by atoms with Gasteiger partial charge >= 0.3 is 0 Å². The molecule has 0 bridgehead atoms. The van der Waals surface area contributed by atoms with Crippen molar-refractivity contribution >= 4 is 21.6 Å². The van der Waals surface area contributed by atoms with Gasteiger partial charge in [-0.2, -0.15) is 4.31 Å². The fourth-order valence-electron chi connectivity index (χ4n) is 3.64. The number of nitrogens with zero attached hydrogens (tertiary/aromatic N) is 3.